The number of thiophene rings is 1. The first-order valence-corrected chi connectivity index (χ1v) is 7.09. The highest BCUT2D eigenvalue weighted by molar-refractivity contribution is 8.01. The maximum absolute atomic E-state index is 11.2. The maximum Gasteiger partial charge on any atom is 0.319 e. The van der Waals surface area contributed by atoms with Gasteiger partial charge in [-0.05, 0) is 33.3 Å². The van der Waals surface area contributed by atoms with Crippen LogP contribution in [0.5, 0.6) is 0 Å². The second kappa shape index (κ2) is 4.51. The van der Waals surface area contributed by atoms with Crippen molar-refractivity contribution in [2.75, 3.05) is 0 Å². The van der Waals surface area contributed by atoms with Gasteiger partial charge < -0.3 is 5.11 Å². The molecule has 1 N–H and O–H groups in total. The molecule has 0 amide bonds. The molecule has 18 heavy (non-hydrogen) atoms. The number of carboxylic acids is 1. The molecule has 2 heterocycles. The molecule has 0 saturated heterocycles. The maximum atomic E-state index is 11.2. The zero-order chi connectivity index (χ0) is 13.5. The molecule has 0 aliphatic heterocycles. The highest BCUT2D eigenvalue weighted by Gasteiger charge is 2.30. The Morgan fingerprint density at radius 3 is 2.67 bits per heavy atom. The standard InChI is InChI=1S/C12H14N2O2S2/c1-6-7(2)17-9-8(6)10(14-5-13-9)18-12(3,4)11(15)16/h5H,1-4H3,(H,15,16). The third-order valence-corrected chi connectivity index (χ3v) is 5.10. The van der Waals surface area contributed by atoms with Gasteiger partial charge in [-0.15, -0.1) is 11.3 Å². The van der Waals surface area contributed by atoms with Crippen molar-refractivity contribution >= 4 is 39.3 Å². The van der Waals surface area contributed by atoms with Crippen molar-refractivity contribution < 1.29 is 9.90 Å². The van der Waals surface area contributed by atoms with E-state index in [1.54, 1.807) is 25.2 Å². The van der Waals surface area contributed by atoms with E-state index in [0.29, 0.717) is 0 Å². The largest absolute Gasteiger partial charge is 0.480 e. The van der Waals surface area contributed by atoms with Crippen LogP contribution in [0.3, 0.4) is 0 Å². The van der Waals surface area contributed by atoms with Gasteiger partial charge in [0.1, 0.15) is 20.9 Å². The van der Waals surface area contributed by atoms with Gasteiger partial charge in [0.2, 0.25) is 0 Å². The molecule has 96 valence electrons. The number of rotatable bonds is 3. The fourth-order valence-corrected chi connectivity index (χ4v) is 3.60. The second-order valence-corrected chi connectivity index (χ2v) is 7.37. The average molecular weight is 282 g/mol. The Morgan fingerprint density at radius 1 is 1.39 bits per heavy atom. The summed E-state index contributed by atoms with van der Waals surface area (Å²) in [5.74, 6) is -0.844. The number of aryl methyl sites for hydroxylation is 2. The first-order chi connectivity index (χ1) is 8.33. The van der Waals surface area contributed by atoms with E-state index in [0.717, 1.165) is 20.8 Å². The molecular formula is C12H14N2O2S2. The van der Waals surface area contributed by atoms with Crippen LogP contribution in [0.1, 0.15) is 24.3 Å². The van der Waals surface area contributed by atoms with Gasteiger partial charge in [-0.2, -0.15) is 0 Å². The fraction of sp³-hybridized carbons (Fsp3) is 0.417. The van der Waals surface area contributed by atoms with Crippen LogP contribution in [-0.2, 0) is 4.79 Å². The van der Waals surface area contributed by atoms with E-state index in [-0.39, 0.29) is 0 Å². The molecular weight excluding hydrogens is 268 g/mol. The second-order valence-electron chi connectivity index (χ2n) is 4.56. The van der Waals surface area contributed by atoms with Crippen molar-refractivity contribution in [3.05, 3.63) is 16.8 Å². The summed E-state index contributed by atoms with van der Waals surface area (Å²) in [5, 5.41) is 10.9. The van der Waals surface area contributed by atoms with Crippen molar-refractivity contribution in [3.8, 4) is 0 Å². The number of fused-ring (bicyclic) bond motifs is 1. The van der Waals surface area contributed by atoms with Crippen LogP contribution in [0.2, 0.25) is 0 Å². The number of hydrogen-bond donors (Lipinski definition) is 1. The zero-order valence-electron chi connectivity index (χ0n) is 10.6. The minimum absolute atomic E-state index is 0.745. The Labute approximate surface area is 113 Å². The number of carboxylic acid groups (broad SMARTS) is 1. The molecule has 0 aliphatic rings. The summed E-state index contributed by atoms with van der Waals surface area (Å²) in [6.45, 7) is 7.43. The van der Waals surface area contributed by atoms with Crippen molar-refractivity contribution in [2.24, 2.45) is 0 Å². The van der Waals surface area contributed by atoms with E-state index in [1.165, 1.54) is 23.0 Å². The lowest BCUT2D eigenvalue weighted by atomic mass is 10.2. The number of carbonyl (C=O) groups is 1. The van der Waals surface area contributed by atoms with Crippen LogP contribution in [0.15, 0.2) is 11.4 Å². The quantitative estimate of drug-likeness (QED) is 0.691. The average Bonchev–Trinajstić information content (AvgIpc) is 2.55. The molecule has 0 aromatic carbocycles. The molecule has 0 radical (unpaired) electrons. The summed E-state index contributed by atoms with van der Waals surface area (Å²) in [6.07, 6.45) is 1.50. The van der Waals surface area contributed by atoms with Crippen molar-refractivity contribution in [3.63, 3.8) is 0 Å². The number of aliphatic carboxylic acids is 1. The Hall–Kier alpha value is -1.14. The minimum Gasteiger partial charge on any atom is -0.480 e. The van der Waals surface area contributed by atoms with E-state index in [1.807, 2.05) is 13.8 Å². The van der Waals surface area contributed by atoms with Gasteiger partial charge >= 0.3 is 5.97 Å². The molecule has 0 bridgehead atoms. The first-order valence-electron chi connectivity index (χ1n) is 5.46. The predicted octanol–water partition coefficient (Wildman–Crippen LogP) is 3.26. The lowest BCUT2D eigenvalue weighted by molar-refractivity contribution is -0.138. The van der Waals surface area contributed by atoms with Gasteiger partial charge in [-0.1, -0.05) is 11.8 Å². The molecule has 2 aromatic rings. The van der Waals surface area contributed by atoms with Crippen LogP contribution in [0.4, 0.5) is 0 Å². The van der Waals surface area contributed by atoms with Crippen LogP contribution in [0.25, 0.3) is 10.2 Å². The number of thioether (sulfide) groups is 1. The summed E-state index contributed by atoms with van der Waals surface area (Å²) < 4.78 is -0.899. The lowest BCUT2D eigenvalue weighted by Crippen LogP contribution is -2.27. The molecule has 0 saturated carbocycles. The van der Waals surface area contributed by atoms with Crippen molar-refractivity contribution in [2.45, 2.75) is 37.5 Å². The van der Waals surface area contributed by atoms with Crippen LogP contribution < -0.4 is 0 Å². The van der Waals surface area contributed by atoms with E-state index in [2.05, 4.69) is 9.97 Å². The minimum atomic E-state index is -0.899. The lowest BCUT2D eigenvalue weighted by Gasteiger charge is -2.18. The molecule has 2 aromatic heterocycles. The Bertz CT molecular complexity index is 620. The summed E-state index contributed by atoms with van der Waals surface area (Å²) in [7, 11) is 0. The van der Waals surface area contributed by atoms with Crippen LogP contribution in [-0.4, -0.2) is 25.8 Å². The molecule has 4 nitrogen and oxygen atoms in total. The Kier molecular flexibility index (Phi) is 3.33. The van der Waals surface area contributed by atoms with Gasteiger partial charge in [0.25, 0.3) is 0 Å². The Balaban J connectivity index is 2.55. The Morgan fingerprint density at radius 2 is 2.06 bits per heavy atom. The third-order valence-electron chi connectivity index (χ3n) is 2.80. The molecule has 0 atom stereocenters. The smallest absolute Gasteiger partial charge is 0.319 e. The highest BCUT2D eigenvalue weighted by Crippen LogP contribution is 2.39. The summed E-state index contributed by atoms with van der Waals surface area (Å²) in [5.41, 5.74) is 1.14. The summed E-state index contributed by atoms with van der Waals surface area (Å²) >= 11 is 2.88. The molecule has 0 fully saturated rings. The van der Waals surface area contributed by atoms with Gasteiger partial charge in [0, 0.05) is 10.3 Å². The summed E-state index contributed by atoms with van der Waals surface area (Å²) in [6, 6.07) is 0. The van der Waals surface area contributed by atoms with Gasteiger partial charge in [0.05, 0.1) is 0 Å². The number of aromatic nitrogens is 2. The predicted molar refractivity (Wildman–Crippen MR) is 74.5 cm³/mol. The van der Waals surface area contributed by atoms with Gasteiger partial charge in [-0.25, -0.2) is 9.97 Å². The van der Waals surface area contributed by atoms with E-state index in [9.17, 15) is 9.90 Å². The van der Waals surface area contributed by atoms with Gasteiger partial charge in [-0.3, -0.25) is 4.79 Å². The summed E-state index contributed by atoms with van der Waals surface area (Å²) in [4.78, 5) is 21.8. The fourth-order valence-electron chi connectivity index (χ4n) is 1.51. The van der Waals surface area contributed by atoms with Crippen LogP contribution >= 0.6 is 23.1 Å². The third kappa shape index (κ3) is 2.22. The monoisotopic (exact) mass is 282 g/mol. The molecule has 6 heteroatoms. The molecule has 2 rings (SSSR count). The SMILES string of the molecule is Cc1sc2ncnc(SC(C)(C)C(=O)O)c2c1C. The topological polar surface area (TPSA) is 63.1 Å². The van der Waals surface area contributed by atoms with Crippen molar-refractivity contribution in [1.82, 2.24) is 9.97 Å². The molecule has 0 unspecified atom stereocenters. The van der Waals surface area contributed by atoms with Gasteiger partial charge in [0.15, 0.2) is 0 Å². The van der Waals surface area contributed by atoms with E-state index >= 15 is 0 Å². The van der Waals surface area contributed by atoms with E-state index in [4.69, 9.17) is 0 Å². The zero-order valence-corrected chi connectivity index (χ0v) is 12.3. The number of hydrogen-bond acceptors (Lipinski definition) is 5. The van der Waals surface area contributed by atoms with E-state index < -0.39 is 10.7 Å². The van der Waals surface area contributed by atoms with Crippen molar-refractivity contribution in [1.29, 1.82) is 0 Å². The molecule has 0 aliphatic carbocycles. The molecule has 0 spiro atoms. The normalized spacial score (nSPS) is 12.0. The highest BCUT2D eigenvalue weighted by atomic mass is 32.2. The first kappa shape index (κ1) is 13.3. The number of nitrogens with zero attached hydrogens (tertiary/aromatic N) is 2. The van der Waals surface area contributed by atoms with Crippen LogP contribution in [0, 0.1) is 13.8 Å².